The van der Waals surface area contributed by atoms with Gasteiger partial charge in [0.15, 0.2) is 0 Å². The van der Waals surface area contributed by atoms with Gasteiger partial charge >= 0.3 is 0 Å². The Balaban J connectivity index is 2.12. The molecule has 2 N–H and O–H groups in total. The molecule has 0 fully saturated rings. The minimum absolute atomic E-state index is 0.175. The Labute approximate surface area is 102 Å². The van der Waals surface area contributed by atoms with Crippen LogP contribution in [0.2, 0.25) is 0 Å². The number of rotatable bonds is 5. The van der Waals surface area contributed by atoms with Gasteiger partial charge in [-0.2, -0.15) is 16.4 Å². The van der Waals surface area contributed by atoms with Gasteiger partial charge in [0.2, 0.25) is 0 Å². The summed E-state index contributed by atoms with van der Waals surface area (Å²) in [5.74, 6) is 0.460. The molecule has 0 aliphatic carbocycles. The monoisotopic (exact) mass is 251 g/mol. The minimum atomic E-state index is -0.175. The van der Waals surface area contributed by atoms with Gasteiger partial charge in [0.25, 0.3) is 5.56 Å². The number of hydrogen-bond donors (Lipinski definition) is 1. The highest BCUT2D eigenvalue weighted by atomic mass is 32.1. The summed E-state index contributed by atoms with van der Waals surface area (Å²) in [4.78, 5) is 11.7. The molecule has 0 radical (unpaired) electrons. The summed E-state index contributed by atoms with van der Waals surface area (Å²) < 4.78 is 6.63. The highest BCUT2D eigenvalue weighted by Crippen LogP contribution is 2.07. The molecule has 0 unspecified atom stereocenters. The standard InChI is InChI=1S/C11H13N3O2S/c12-2-3-16-10-5-11(15)14(13-6-10)7-9-1-4-17-8-9/h1,4-6,8H,2-3,7,12H2. The van der Waals surface area contributed by atoms with Gasteiger partial charge in [0.05, 0.1) is 12.7 Å². The maximum atomic E-state index is 11.7. The average Bonchev–Trinajstić information content (AvgIpc) is 2.82. The Morgan fingerprint density at radius 1 is 1.53 bits per heavy atom. The third-order valence-corrected chi connectivity index (χ3v) is 2.88. The van der Waals surface area contributed by atoms with Crippen molar-refractivity contribution >= 4 is 11.3 Å². The van der Waals surface area contributed by atoms with Gasteiger partial charge in [-0.1, -0.05) is 0 Å². The van der Waals surface area contributed by atoms with Crippen LogP contribution in [0.3, 0.4) is 0 Å². The fourth-order valence-corrected chi connectivity index (χ4v) is 2.01. The molecule has 0 aliphatic heterocycles. The van der Waals surface area contributed by atoms with E-state index in [4.69, 9.17) is 10.5 Å². The lowest BCUT2D eigenvalue weighted by atomic mass is 10.3. The van der Waals surface area contributed by atoms with E-state index in [9.17, 15) is 4.79 Å². The first-order valence-electron chi connectivity index (χ1n) is 5.20. The fourth-order valence-electron chi connectivity index (χ4n) is 1.35. The summed E-state index contributed by atoms with van der Waals surface area (Å²) >= 11 is 1.60. The molecule has 2 aromatic rings. The second kappa shape index (κ2) is 5.60. The Morgan fingerprint density at radius 2 is 2.41 bits per heavy atom. The zero-order valence-electron chi connectivity index (χ0n) is 9.20. The molecule has 5 nitrogen and oxygen atoms in total. The van der Waals surface area contributed by atoms with Crippen molar-refractivity contribution in [1.29, 1.82) is 0 Å². The number of thiophene rings is 1. The van der Waals surface area contributed by atoms with E-state index in [1.165, 1.54) is 16.9 Å². The van der Waals surface area contributed by atoms with Crippen LogP contribution in [0, 0.1) is 0 Å². The van der Waals surface area contributed by atoms with Crippen molar-refractivity contribution in [3.8, 4) is 5.75 Å². The molecule has 0 spiro atoms. The molecule has 0 saturated carbocycles. The summed E-state index contributed by atoms with van der Waals surface area (Å²) in [6.07, 6.45) is 1.53. The summed E-state index contributed by atoms with van der Waals surface area (Å²) in [5, 5.41) is 8.01. The first-order chi connectivity index (χ1) is 8.29. The van der Waals surface area contributed by atoms with Gasteiger partial charge in [-0.15, -0.1) is 0 Å². The third kappa shape index (κ3) is 3.15. The topological polar surface area (TPSA) is 70.1 Å². The molecular formula is C11H13N3O2S. The van der Waals surface area contributed by atoms with E-state index < -0.39 is 0 Å². The number of nitrogens with zero attached hydrogens (tertiary/aromatic N) is 2. The SMILES string of the molecule is NCCOc1cnn(Cc2ccsc2)c(=O)c1. The molecular weight excluding hydrogens is 238 g/mol. The second-order valence-electron chi connectivity index (χ2n) is 3.46. The van der Waals surface area contributed by atoms with E-state index in [1.807, 2.05) is 16.8 Å². The van der Waals surface area contributed by atoms with Crippen molar-refractivity contribution < 1.29 is 4.74 Å². The fraction of sp³-hybridized carbons (Fsp3) is 0.273. The minimum Gasteiger partial charge on any atom is -0.490 e. The predicted octanol–water partition coefficient (Wildman–Crippen LogP) is 0.691. The average molecular weight is 251 g/mol. The Kier molecular flexibility index (Phi) is 3.89. The van der Waals surface area contributed by atoms with Gasteiger partial charge in [0, 0.05) is 12.6 Å². The summed E-state index contributed by atoms with van der Waals surface area (Å²) in [7, 11) is 0. The maximum Gasteiger partial charge on any atom is 0.270 e. The highest BCUT2D eigenvalue weighted by Gasteiger charge is 2.02. The van der Waals surface area contributed by atoms with Crippen molar-refractivity contribution in [2.24, 2.45) is 5.73 Å². The lowest BCUT2D eigenvalue weighted by Gasteiger charge is -2.06. The molecule has 0 saturated heterocycles. The molecule has 0 aromatic carbocycles. The molecule has 2 aromatic heterocycles. The third-order valence-electron chi connectivity index (χ3n) is 2.14. The molecule has 0 atom stereocenters. The van der Waals surface area contributed by atoms with Gasteiger partial charge in [-0.05, 0) is 22.4 Å². The van der Waals surface area contributed by atoms with Crippen LogP contribution in [0.15, 0.2) is 33.9 Å². The normalized spacial score (nSPS) is 10.4. The summed E-state index contributed by atoms with van der Waals surface area (Å²) in [5.41, 5.74) is 6.20. The van der Waals surface area contributed by atoms with Crippen LogP contribution in [-0.4, -0.2) is 22.9 Å². The lowest BCUT2D eigenvalue weighted by Crippen LogP contribution is -2.23. The quantitative estimate of drug-likeness (QED) is 0.848. The van der Waals surface area contributed by atoms with E-state index in [-0.39, 0.29) is 5.56 Å². The van der Waals surface area contributed by atoms with Crippen LogP contribution in [-0.2, 0) is 6.54 Å². The van der Waals surface area contributed by atoms with Gasteiger partial charge in [-0.25, -0.2) is 4.68 Å². The molecule has 2 rings (SSSR count). The number of nitrogens with two attached hydrogens (primary N) is 1. The van der Waals surface area contributed by atoms with E-state index in [0.717, 1.165) is 5.56 Å². The van der Waals surface area contributed by atoms with E-state index in [1.54, 1.807) is 11.3 Å². The first kappa shape index (κ1) is 11.8. The van der Waals surface area contributed by atoms with Crippen molar-refractivity contribution in [2.45, 2.75) is 6.54 Å². The first-order valence-corrected chi connectivity index (χ1v) is 6.15. The molecule has 90 valence electrons. The van der Waals surface area contributed by atoms with Crippen LogP contribution in [0.4, 0.5) is 0 Å². The van der Waals surface area contributed by atoms with E-state index >= 15 is 0 Å². The van der Waals surface area contributed by atoms with Crippen LogP contribution in [0.25, 0.3) is 0 Å². The molecule has 0 amide bonds. The van der Waals surface area contributed by atoms with Crippen LogP contribution >= 0.6 is 11.3 Å². The van der Waals surface area contributed by atoms with Crippen LogP contribution in [0.1, 0.15) is 5.56 Å². The van der Waals surface area contributed by atoms with Gasteiger partial charge < -0.3 is 10.5 Å². The molecule has 17 heavy (non-hydrogen) atoms. The van der Waals surface area contributed by atoms with Gasteiger partial charge in [0.1, 0.15) is 12.4 Å². The van der Waals surface area contributed by atoms with Crippen molar-refractivity contribution in [3.63, 3.8) is 0 Å². The predicted molar refractivity (Wildman–Crippen MR) is 66.5 cm³/mol. The Hall–Kier alpha value is -1.66. The lowest BCUT2D eigenvalue weighted by molar-refractivity contribution is 0.324. The molecule has 0 bridgehead atoms. The van der Waals surface area contributed by atoms with Crippen molar-refractivity contribution in [2.75, 3.05) is 13.2 Å². The van der Waals surface area contributed by atoms with Crippen LogP contribution in [0.5, 0.6) is 5.75 Å². The summed E-state index contributed by atoms with van der Waals surface area (Å²) in [6, 6.07) is 3.40. The number of ether oxygens (including phenoxy) is 1. The molecule has 2 heterocycles. The second-order valence-corrected chi connectivity index (χ2v) is 4.24. The molecule has 6 heteroatoms. The molecule has 0 aliphatic rings. The Morgan fingerprint density at radius 3 is 3.06 bits per heavy atom. The number of hydrogen-bond acceptors (Lipinski definition) is 5. The van der Waals surface area contributed by atoms with E-state index in [2.05, 4.69) is 5.10 Å². The maximum absolute atomic E-state index is 11.7. The summed E-state index contributed by atoms with van der Waals surface area (Å²) in [6.45, 7) is 1.28. The zero-order valence-corrected chi connectivity index (χ0v) is 10.0. The Bertz CT molecular complexity index is 522. The van der Waals surface area contributed by atoms with Gasteiger partial charge in [-0.3, -0.25) is 4.79 Å². The highest BCUT2D eigenvalue weighted by molar-refractivity contribution is 7.07. The largest absolute Gasteiger partial charge is 0.490 e. The van der Waals surface area contributed by atoms with E-state index in [0.29, 0.717) is 25.4 Å². The smallest absolute Gasteiger partial charge is 0.270 e. The number of aromatic nitrogens is 2. The van der Waals surface area contributed by atoms with Crippen molar-refractivity contribution in [3.05, 3.63) is 45.0 Å². The zero-order chi connectivity index (χ0) is 12.1. The van der Waals surface area contributed by atoms with Crippen molar-refractivity contribution in [1.82, 2.24) is 9.78 Å². The van der Waals surface area contributed by atoms with Crippen LogP contribution < -0.4 is 16.0 Å².